The van der Waals surface area contributed by atoms with Crippen molar-refractivity contribution >= 4 is 29.1 Å². The highest BCUT2D eigenvalue weighted by Gasteiger charge is 2.22. The SMILES string of the molecule is CC(=O)N1CCC(NC(=NCC(=O)N(C)C)NC(C)c2cccs2)CC1. The molecular formula is C18H29N5O2S. The monoisotopic (exact) mass is 379 g/mol. The van der Waals surface area contributed by atoms with Crippen molar-refractivity contribution < 1.29 is 9.59 Å². The lowest BCUT2D eigenvalue weighted by molar-refractivity contribution is -0.130. The van der Waals surface area contributed by atoms with Gasteiger partial charge in [0, 0.05) is 45.0 Å². The first kappa shape index (κ1) is 20.2. The minimum atomic E-state index is -0.0405. The maximum Gasteiger partial charge on any atom is 0.243 e. The van der Waals surface area contributed by atoms with Gasteiger partial charge in [-0.15, -0.1) is 11.3 Å². The standard InChI is InChI=1S/C18H29N5O2S/c1-13(16-6-5-11-26-16)20-18(19-12-17(25)22(3)4)21-15-7-9-23(10-8-15)14(2)24/h5-6,11,13,15H,7-10,12H2,1-4H3,(H2,19,20,21). The summed E-state index contributed by atoms with van der Waals surface area (Å²) in [6.07, 6.45) is 1.74. The highest BCUT2D eigenvalue weighted by Crippen LogP contribution is 2.18. The summed E-state index contributed by atoms with van der Waals surface area (Å²) in [5, 5.41) is 8.88. The molecule has 1 aliphatic rings. The first-order valence-corrected chi connectivity index (χ1v) is 9.81. The Hall–Kier alpha value is -2.09. The molecule has 1 unspecified atom stereocenters. The predicted molar refractivity (Wildman–Crippen MR) is 105 cm³/mol. The van der Waals surface area contributed by atoms with Crippen LogP contribution in [0.25, 0.3) is 0 Å². The van der Waals surface area contributed by atoms with E-state index in [1.165, 1.54) is 9.78 Å². The molecule has 2 heterocycles. The van der Waals surface area contributed by atoms with E-state index >= 15 is 0 Å². The number of aliphatic imine (C=N–C) groups is 1. The molecule has 1 atom stereocenters. The van der Waals surface area contributed by atoms with Crippen molar-refractivity contribution in [1.82, 2.24) is 20.4 Å². The number of rotatable bonds is 5. The van der Waals surface area contributed by atoms with Gasteiger partial charge >= 0.3 is 0 Å². The van der Waals surface area contributed by atoms with Gasteiger partial charge in [-0.2, -0.15) is 0 Å². The van der Waals surface area contributed by atoms with E-state index in [9.17, 15) is 9.59 Å². The number of likely N-dealkylation sites (N-methyl/N-ethyl adjacent to an activating group) is 1. The third kappa shape index (κ3) is 6.01. The zero-order chi connectivity index (χ0) is 19.1. The molecule has 1 aliphatic heterocycles. The van der Waals surface area contributed by atoms with Gasteiger partial charge in [0.1, 0.15) is 6.54 Å². The number of carbonyl (C=O) groups excluding carboxylic acids is 2. The van der Waals surface area contributed by atoms with Gasteiger partial charge in [0.25, 0.3) is 0 Å². The van der Waals surface area contributed by atoms with E-state index in [1.807, 2.05) is 16.3 Å². The summed E-state index contributed by atoms with van der Waals surface area (Å²) in [7, 11) is 3.45. The largest absolute Gasteiger partial charge is 0.354 e. The Morgan fingerprint density at radius 1 is 1.38 bits per heavy atom. The number of guanidine groups is 1. The molecule has 1 saturated heterocycles. The highest BCUT2D eigenvalue weighted by molar-refractivity contribution is 7.10. The molecule has 8 heteroatoms. The fraction of sp³-hybridized carbons (Fsp3) is 0.611. The number of nitrogens with one attached hydrogen (secondary N) is 2. The Bertz CT molecular complexity index is 622. The third-order valence-electron chi connectivity index (χ3n) is 4.48. The summed E-state index contributed by atoms with van der Waals surface area (Å²) < 4.78 is 0. The van der Waals surface area contributed by atoms with E-state index in [-0.39, 0.29) is 30.4 Å². The van der Waals surface area contributed by atoms with Crippen molar-refractivity contribution in [2.75, 3.05) is 33.7 Å². The molecule has 2 amide bonds. The zero-order valence-electron chi connectivity index (χ0n) is 16.0. The number of likely N-dealkylation sites (tertiary alicyclic amines) is 1. The number of hydrogen-bond acceptors (Lipinski definition) is 4. The first-order valence-electron chi connectivity index (χ1n) is 8.93. The Balaban J connectivity index is 1.99. The molecule has 144 valence electrons. The van der Waals surface area contributed by atoms with Gasteiger partial charge < -0.3 is 20.4 Å². The van der Waals surface area contributed by atoms with Crippen LogP contribution in [0.1, 0.15) is 37.6 Å². The average Bonchev–Trinajstić information content (AvgIpc) is 3.14. The molecule has 0 aliphatic carbocycles. The second kappa shape index (κ2) is 9.56. The Morgan fingerprint density at radius 2 is 2.08 bits per heavy atom. The van der Waals surface area contributed by atoms with Crippen LogP contribution < -0.4 is 10.6 Å². The molecular weight excluding hydrogens is 350 g/mol. The van der Waals surface area contributed by atoms with E-state index in [4.69, 9.17) is 0 Å². The molecule has 1 aromatic heterocycles. The lowest BCUT2D eigenvalue weighted by atomic mass is 10.1. The second-order valence-corrected chi connectivity index (χ2v) is 7.74. The van der Waals surface area contributed by atoms with Crippen LogP contribution in [-0.4, -0.2) is 67.3 Å². The molecule has 1 aromatic rings. The van der Waals surface area contributed by atoms with Crippen LogP contribution in [0.15, 0.2) is 22.5 Å². The maximum atomic E-state index is 11.9. The average molecular weight is 380 g/mol. The maximum absolute atomic E-state index is 11.9. The first-order chi connectivity index (χ1) is 12.4. The van der Waals surface area contributed by atoms with Gasteiger partial charge in [0.05, 0.1) is 6.04 Å². The van der Waals surface area contributed by atoms with Crippen molar-refractivity contribution in [3.8, 4) is 0 Å². The number of nitrogens with zero attached hydrogens (tertiary/aromatic N) is 3. The molecule has 0 spiro atoms. The molecule has 0 saturated carbocycles. The molecule has 0 bridgehead atoms. The second-order valence-electron chi connectivity index (χ2n) is 6.76. The normalized spacial score (nSPS) is 16.9. The highest BCUT2D eigenvalue weighted by atomic mass is 32.1. The summed E-state index contributed by atoms with van der Waals surface area (Å²) in [5.41, 5.74) is 0. The fourth-order valence-corrected chi connectivity index (χ4v) is 3.50. The van der Waals surface area contributed by atoms with Gasteiger partial charge in [0.15, 0.2) is 5.96 Å². The van der Waals surface area contributed by atoms with E-state index in [0.717, 1.165) is 25.9 Å². The number of piperidine rings is 1. The van der Waals surface area contributed by atoms with Gasteiger partial charge in [-0.3, -0.25) is 9.59 Å². The molecule has 26 heavy (non-hydrogen) atoms. The summed E-state index contributed by atoms with van der Waals surface area (Å²) in [6.45, 7) is 5.29. The number of carbonyl (C=O) groups is 2. The smallest absolute Gasteiger partial charge is 0.243 e. The lowest BCUT2D eigenvalue weighted by Gasteiger charge is -2.33. The third-order valence-corrected chi connectivity index (χ3v) is 5.53. The molecule has 2 N–H and O–H groups in total. The summed E-state index contributed by atoms with van der Waals surface area (Å²) in [4.78, 5) is 32.5. The molecule has 1 fully saturated rings. The van der Waals surface area contributed by atoms with Gasteiger partial charge in [-0.1, -0.05) is 6.07 Å². The van der Waals surface area contributed by atoms with Gasteiger partial charge in [-0.25, -0.2) is 4.99 Å². The quantitative estimate of drug-likeness (QED) is 0.600. The van der Waals surface area contributed by atoms with E-state index in [0.29, 0.717) is 5.96 Å². The van der Waals surface area contributed by atoms with Crippen molar-refractivity contribution in [3.05, 3.63) is 22.4 Å². The van der Waals surface area contributed by atoms with E-state index in [1.54, 1.807) is 32.4 Å². The minimum Gasteiger partial charge on any atom is -0.354 e. The van der Waals surface area contributed by atoms with Crippen molar-refractivity contribution in [1.29, 1.82) is 0 Å². The van der Waals surface area contributed by atoms with Crippen molar-refractivity contribution in [3.63, 3.8) is 0 Å². The van der Waals surface area contributed by atoms with Crippen LogP contribution in [0.2, 0.25) is 0 Å². The molecule has 0 aromatic carbocycles. The Kier molecular flexibility index (Phi) is 7.44. The molecule has 2 rings (SSSR count). The zero-order valence-corrected chi connectivity index (χ0v) is 16.8. The predicted octanol–water partition coefficient (Wildman–Crippen LogP) is 1.44. The number of amides is 2. The Labute approximate surface area is 159 Å². The fourth-order valence-electron chi connectivity index (χ4n) is 2.77. The molecule has 7 nitrogen and oxygen atoms in total. The van der Waals surface area contributed by atoms with Crippen LogP contribution >= 0.6 is 11.3 Å². The van der Waals surface area contributed by atoms with E-state index in [2.05, 4.69) is 28.6 Å². The van der Waals surface area contributed by atoms with Crippen LogP contribution in [0.4, 0.5) is 0 Å². The summed E-state index contributed by atoms with van der Waals surface area (Å²) >= 11 is 1.69. The summed E-state index contributed by atoms with van der Waals surface area (Å²) in [5.74, 6) is 0.724. The van der Waals surface area contributed by atoms with Crippen molar-refractivity contribution in [2.45, 2.75) is 38.8 Å². The van der Waals surface area contributed by atoms with E-state index < -0.39 is 0 Å². The van der Waals surface area contributed by atoms with Gasteiger partial charge in [0.2, 0.25) is 11.8 Å². The number of thiophene rings is 1. The van der Waals surface area contributed by atoms with Crippen LogP contribution in [-0.2, 0) is 9.59 Å². The van der Waals surface area contributed by atoms with Crippen LogP contribution in [0, 0.1) is 0 Å². The minimum absolute atomic E-state index is 0.0405. The number of hydrogen-bond donors (Lipinski definition) is 2. The topological polar surface area (TPSA) is 77.0 Å². The van der Waals surface area contributed by atoms with Crippen LogP contribution in [0.5, 0.6) is 0 Å². The van der Waals surface area contributed by atoms with Crippen molar-refractivity contribution in [2.24, 2.45) is 4.99 Å². The van der Waals surface area contributed by atoms with Gasteiger partial charge in [-0.05, 0) is 31.2 Å². The summed E-state index contributed by atoms with van der Waals surface area (Å²) in [6, 6.07) is 4.45. The lowest BCUT2D eigenvalue weighted by Crippen LogP contribution is -2.50. The van der Waals surface area contributed by atoms with Crippen LogP contribution in [0.3, 0.4) is 0 Å². The Morgan fingerprint density at radius 3 is 2.62 bits per heavy atom. The molecule has 0 radical (unpaired) electrons.